The third kappa shape index (κ3) is 25.2. The highest BCUT2D eigenvalue weighted by Crippen LogP contribution is 2.22. The molecule has 54 heavy (non-hydrogen) atoms. The van der Waals surface area contributed by atoms with Crippen LogP contribution in [0.1, 0.15) is 123 Å². The van der Waals surface area contributed by atoms with Gasteiger partial charge < -0.3 is 40.3 Å². The summed E-state index contributed by atoms with van der Waals surface area (Å²) in [4.78, 5) is 12.8. The molecule has 7 unspecified atom stereocenters. The fourth-order valence-electron chi connectivity index (χ4n) is 5.60. The molecule has 1 heterocycles. The van der Waals surface area contributed by atoms with Crippen molar-refractivity contribution in [3.63, 3.8) is 0 Å². The van der Waals surface area contributed by atoms with Crippen molar-refractivity contribution in [3.8, 4) is 0 Å². The second kappa shape index (κ2) is 34.6. The van der Waals surface area contributed by atoms with Crippen LogP contribution in [0.4, 0.5) is 0 Å². The van der Waals surface area contributed by atoms with Crippen molar-refractivity contribution >= 4 is 5.91 Å². The van der Waals surface area contributed by atoms with Crippen LogP contribution in [0, 0.1) is 0 Å². The zero-order valence-electron chi connectivity index (χ0n) is 33.2. The molecule has 0 spiro atoms. The van der Waals surface area contributed by atoms with Crippen LogP contribution >= 0.6 is 0 Å². The third-order valence-electron chi connectivity index (χ3n) is 8.90. The van der Waals surface area contributed by atoms with E-state index < -0.39 is 49.5 Å². The molecular weight excluding hydrogens is 682 g/mol. The molecular formula is C45H73NO8. The van der Waals surface area contributed by atoms with Gasteiger partial charge in [-0.25, -0.2) is 0 Å². The fraction of sp³-hybridized carbons (Fsp3) is 0.622. The maximum Gasteiger partial charge on any atom is 0.224 e. The lowest BCUT2D eigenvalue weighted by atomic mass is 9.99. The number of nitrogens with one attached hydrogen (secondary N) is 1. The number of hydrogen-bond donors (Lipinski definition) is 6. The van der Waals surface area contributed by atoms with Crippen LogP contribution in [-0.2, 0) is 14.3 Å². The minimum absolute atomic E-state index is 0.0968. The SMILES string of the molecule is CC/C=C\C/C=C\C/C=C\C/C=C\C/C=C\CC(=O)NC(COC1OC(CO)C(O)C(O)C1O)C(O)/C=C/CC/C=C/CC/C=C/CCCCCCCC. The Hall–Kier alpha value is -2.89. The zero-order chi connectivity index (χ0) is 39.5. The Bertz CT molecular complexity index is 1150. The van der Waals surface area contributed by atoms with Crippen molar-refractivity contribution in [2.24, 2.45) is 0 Å². The molecule has 0 aliphatic carbocycles. The minimum atomic E-state index is -1.59. The number of aliphatic hydroxyl groups is 5. The molecule has 7 atom stereocenters. The van der Waals surface area contributed by atoms with Gasteiger partial charge in [0.15, 0.2) is 6.29 Å². The molecule has 1 aliphatic rings. The molecule has 0 radical (unpaired) electrons. The van der Waals surface area contributed by atoms with E-state index >= 15 is 0 Å². The lowest BCUT2D eigenvalue weighted by Gasteiger charge is -2.40. The van der Waals surface area contributed by atoms with Crippen LogP contribution in [0.15, 0.2) is 97.2 Å². The van der Waals surface area contributed by atoms with Gasteiger partial charge in [-0.2, -0.15) is 0 Å². The van der Waals surface area contributed by atoms with Gasteiger partial charge in [0.25, 0.3) is 0 Å². The van der Waals surface area contributed by atoms with Gasteiger partial charge in [-0.05, 0) is 70.6 Å². The van der Waals surface area contributed by atoms with Crippen LogP contribution in [0.3, 0.4) is 0 Å². The smallest absolute Gasteiger partial charge is 0.224 e. The third-order valence-corrected chi connectivity index (χ3v) is 8.90. The first-order valence-corrected chi connectivity index (χ1v) is 20.5. The van der Waals surface area contributed by atoms with Gasteiger partial charge in [-0.3, -0.25) is 4.79 Å². The molecule has 9 heteroatoms. The van der Waals surface area contributed by atoms with Crippen molar-refractivity contribution in [1.29, 1.82) is 0 Å². The molecule has 0 saturated carbocycles. The molecule has 9 nitrogen and oxygen atoms in total. The second-order valence-electron chi connectivity index (χ2n) is 13.7. The van der Waals surface area contributed by atoms with Gasteiger partial charge in [0.2, 0.25) is 5.91 Å². The van der Waals surface area contributed by atoms with Gasteiger partial charge in [0.1, 0.15) is 24.4 Å². The van der Waals surface area contributed by atoms with Gasteiger partial charge in [-0.15, -0.1) is 0 Å². The molecule has 0 aromatic heterocycles. The second-order valence-corrected chi connectivity index (χ2v) is 13.7. The van der Waals surface area contributed by atoms with E-state index in [2.05, 4.69) is 86.0 Å². The molecule has 0 aromatic rings. The van der Waals surface area contributed by atoms with Crippen molar-refractivity contribution in [3.05, 3.63) is 97.2 Å². The van der Waals surface area contributed by atoms with E-state index in [-0.39, 0.29) is 18.9 Å². The molecule has 0 aromatic carbocycles. The first kappa shape index (κ1) is 49.1. The van der Waals surface area contributed by atoms with Crippen LogP contribution in [0.2, 0.25) is 0 Å². The summed E-state index contributed by atoms with van der Waals surface area (Å²) in [6.07, 6.45) is 41.9. The first-order valence-electron chi connectivity index (χ1n) is 20.5. The van der Waals surface area contributed by atoms with E-state index in [1.165, 1.54) is 38.5 Å². The van der Waals surface area contributed by atoms with Crippen LogP contribution in [-0.4, -0.2) is 87.5 Å². The number of carbonyl (C=O) groups is 1. The number of hydrogen-bond acceptors (Lipinski definition) is 8. The molecule has 1 amide bonds. The number of amides is 1. The highest BCUT2D eigenvalue weighted by molar-refractivity contribution is 5.77. The highest BCUT2D eigenvalue weighted by Gasteiger charge is 2.44. The molecule has 0 bridgehead atoms. The van der Waals surface area contributed by atoms with E-state index in [9.17, 15) is 30.3 Å². The fourth-order valence-corrected chi connectivity index (χ4v) is 5.60. The molecule has 1 saturated heterocycles. The number of carbonyl (C=O) groups excluding carboxylic acids is 1. The summed E-state index contributed by atoms with van der Waals surface area (Å²) in [6, 6.07) is -0.887. The maximum absolute atomic E-state index is 12.8. The van der Waals surface area contributed by atoms with Crippen LogP contribution in [0.5, 0.6) is 0 Å². The van der Waals surface area contributed by atoms with Gasteiger partial charge in [-0.1, -0.05) is 143 Å². The predicted octanol–water partition coefficient (Wildman–Crippen LogP) is 7.77. The monoisotopic (exact) mass is 756 g/mol. The molecule has 1 rings (SSSR count). The Morgan fingerprint density at radius 3 is 1.74 bits per heavy atom. The van der Waals surface area contributed by atoms with Crippen LogP contribution < -0.4 is 5.32 Å². The molecule has 6 N–H and O–H groups in total. The van der Waals surface area contributed by atoms with Gasteiger partial charge in [0, 0.05) is 6.42 Å². The Morgan fingerprint density at radius 2 is 1.17 bits per heavy atom. The van der Waals surface area contributed by atoms with Gasteiger partial charge in [0.05, 0.1) is 25.4 Å². The molecule has 1 aliphatic heterocycles. The number of unbranched alkanes of at least 4 members (excludes halogenated alkanes) is 8. The normalized spacial score (nSPS) is 22.5. The summed E-state index contributed by atoms with van der Waals surface area (Å²) in [5, 5.41) is 53.9. The predicted molar refractivity (Wildman–Crippen MR) is 221 cm³/mol. The number of rotatable bonds is 31. The summed E-state index contributed by atoms with van der Waals surface area (Å²) in [6.45, 7) is 3.53. The Morgan fingerprint density at radius 1 is 0.648 bits per heavy atom. The first-order chi connectivity index (χ1) is 26.3. The molecule has 306 valence electrons. The van der Waals surface area contributed by atoms with Crippen molar-refractivity contribution in [2.45, 2.75) is 166 Å². The Balaban J connectivity index is 2.55. The summed E-state index contributed by atoms with van der Waals surface area (Å²) < 4.78 is 11.1. The average Bonchev–Trinajstić information content (AvgIpc) is 3.17. The Labute approximate surface area is 326 Å². The van der Waals surface area contributed by atoms with E-state index in [0.29, 0.717) is 12.8 Å². The lowest BCUT2D eigenvalue weighted by molar-refractivity contribution is -0.302. The van der Waals surface area contributed by atoms with E-state index in [4.69, 9.17) is 9.47 Å². The largest absolute Gasteiger partial charge is 0.394 e. The highest BCUT2D eigenvalue weighted by atomic mass is 16.7. The zero-order valence-corrected chi connectivity index (χ0v) is 33.2. The Kier molecular flexibility index (Phi) is 31.5. The number of aliphatic hydroxyl groups excluding tert-OH is 5. The van der Waals surface area contributed by atoms with E-state index in [0.717, 1.165) is 51.4 Å². The average molecular weight is 756 g/mol. The summed E-state index contributed by atoms with van der Waals surface area (Å²) in [5.74, 6) is -0.324. The topological polar surface area (TPSA) is 149 Å². The van der Waals surface area contributed by atoms with Crippen molar-refractivity contribution in [1.82, 2.24) is 5.32 Å². The minimum Gasteiger partial charge on any atom is -0.394 e. The maximum atomic E-state index is 12.8. The van der Waals surface area contributed by atoms with Crippen molar-refractivity contribution < 1.29 is 39.8 Å². The standard InChI is InChI=1S/C45H73NO8/c1-3-5-7-9-11-13-15-17-19-21-22-24-26-28-30-32-34-39(48)38(37-53-45-44(52)43(51)42(50)40(36-47)54-45)46-41(49)35-33-31-29-27-25-23-20-18-16-14-12-10-8-6-4-2/h6,8,12,14,17-20,24-27,31-34,38-40,42-45,47-48,50-52H,3-5,7,9-11,13,15-16,21-23,28-30,35-37H2,1-2H3,(H,46,49)/b8-6-,14-12-,19-17+,20-18-,26-24+,27-25-,33-31-,34-32+. The van der Waals surface area contributed by atoms with Gasteiger partial charge >= 0.3 is 0 Å². The summed E-state index contributed by atoms with van der Waals surface area (Å²) >= 11 is 0. The summed E-state index contributed by atoms with van der Waals surface area (Å²) in [7, 11) is 0. The lowest BCUT2D eigenvalue weighted by Crippen LogP contribution is -2.60. The number of ether oxygens (including phenoxy) is 2. The quantitative estimate of drug-likeness (QED) is 0.0311. The van der Waals surface area contributed by atoms with E-state index in [1.807, 2.05) is 18.2 Å². The summed E-state index contributed by atoms with van der Waals surface area (Å²) in [5.41, 5.74) is 0. The van der Waals surface area contributed by atoms with E-state index in [1.54, 1.807) is 12.2 Å². The van der Waals surface area contributed by atoms with Crippen LogP contribution in [0.25, 0.3) is 0 Å². The molecule has 1 fully saturated rings. The number of allylic oxidation sites excluding steroid dienone is 14. The van der Waals surface area contributed by atoms with Crippen molar-refractivity contribution in [2.75, 3.05) is 13.2 Å².